The highest BCUT2D eigenvalue weighted by Gasteiger charge is 2.40. The monoisotopic (exact) mass is 519 g/mol. The minimum atomic E-state index is -4.78. The van der Waals surface area contributed by atoms with Gasteiger partial charge in [0.05, 0.1) is 23.4 Å². The van der Waals surface area contributed by atoms with Gasteiger partial charge in [-0.15, -0.1) is 0 Å². The van der Waals surface area contributed by atoms with E-state index in [1.165, 1.54) is 30.3 Å². The van der Waals surface area contributed by atoms with Crippen LogP contribution in [0, 0.1) is 0 Å². The van der Waals surface area contributed by atoms with Crippen molar-refractivity contribution in [1.82, 2.24) is 5.32 Å². The Morgan fingerprint density at radius 3 is 2.16 bits per heavy atom. The number of benzodiazepines with no additional fused rings is 1. The molecule has 1 N–H and O–H groups in total. The van der Waals surface area contributed by atoms with Crippen molar-refractivity contribution < 1.29 is 35.9 Å². The molecule has 0 spiro atoms. The molecule has 0 aromatic heterocycles. The quantitative estimate of drug-likeness (QED) is 0.475. The molecule has 1 unspecified atom stereocenters. The van der Waals surface area contributed by atoms with Gasteiger partial charge in [0.1, 0.15) is 6.54 Å². The second-order valence-electron chi connectivity index (χ2n) is 8.20. The third-order valence-electron chi connectivity index (χ3n) is 5.56. The van der Waals surface area contributed by atoms with Crippen LogP contribution in [0.2, 0.25) is 0 Å². The van der Waals surface area contributed by atoms with E-state index in [-0.39, 0.29) is 22.5 Å². The summed E-state index contributed by atoms with van der Waals surface area (Å²) in [6.07, 6.45) is -12.1. The molecule has 4 rings (SSSR count). The first-order chi connectivity index (χ1) is 17.4. The van der Waals surface area contributed by atoms with Gasteiger partial charge in [-0.2, -0.15) is 26.3 Å². The maximum atomic E-state index is 13.5. The summed E-state index contributed by atoms with van der Waals surface area (Å²) in [6, 6.07) is 18.6. The Morgan fingerprint density at radius 1 is 0.865 bits per heavy atom. The summed E-state index contributed by atoms with van der Waals surface area (Å²) in [5.74, 6) is -2.18. The molecule has 0 saturated heterocycles. The third kappa shape index (κ3) is 5.99. The van der Waals surface area contributed by atoms with Crippen LogP contribution in [0.5, 0.6) is 0 Å². The van der Waals surface area contributed by atoms with E-state index in [2.05, 4.69) is 10.3 Å². The summed E-state index contributed by atoms with van der Waals surface area (Å²) in [4.78, 5) is 30.9. The van der Waals surface area contributed by atoms with Crippen LogP contribution in [0.1, 0.15) is 22.3 Å². The fourth-order valence-corrected chi connectivity index (χ4v) is 4.02. The number of aliphatic imine (C=N–C) groups is 1. The number of rotatable bonds is 5. The molecule has 3 aromatic rings. The Morgan fingerprint density at radius 2 is 1.49 bits per heavy atom. The SMILES string of the molecule is O=C(Cc1ccccc1C(F)(F)F)NC1N=C(c2ccccc2)c2ccccc2N(CC(F)(F)F)C1=O. The van der Waals surface area contributed by atoms with E-state index >= 15 is 0 Å². The molecule has 0 fully saturated rings. The van der Waals surface area contributed by atoms with Gasteiger partial charge >= 0.3 is 12.4 Å². The predicted octanol–water partition coefficient (Wildman–Crippen LogP) is 5.14. The van der Waals surface area contributed by atoms with Gasteiger partial charge < -0.3 is 5.32 Å². The van der Waals surface area contributed by atoms with Gasteiger partial charge in [0.15, 0.2) is 0 Å². The molecule has 1 heterocycles. The topological polar surface area (TPSA) is 61.8 Å². The summed E-state index contributed by atoms with van der Waals surface area (Å²) in [6.45, 7) is -1.65. The molecule has 0 saturated carbocycles. The average molecular weight is 519 g/mol. The van der Waals surface area contributed by atoms with E-state index in [1.807, 2.05) is 0 Å². The number of carbonyl (C=O) groups is 2. The van der Waals surface area contributed by atoms with Crippen molar-refractivity contribution in [2.24, 2.45) is 4.99 Å². The fraction of sp³-hybridized carbons (Fsp3) is 0.192. The van der Waals surface area contributed by atoms with Gasteiger partial charge in [-0.25, -0.2) is 4.99 Å². The van der Waals surface area contributed by atoms with Gasteiger partial charge in [0.25, 0.3) is 5.91 Å². The number of alkyl halides is 6. The zero-order valence-electron chi connectivity index (χ0n) is 19.0. The first-order valence-electron chi connectivity index (χ1n) is 11.0. The van der Waals surface area contributed by atoms with Crippen molar-refractivity contribution in [3.8, 4) is 0 Å². The highest BCUT2D eigenvalue weighted by Crippen LogP contribution is 2.33. The Kier molecular flexibility index (Phi) is 7.06. The third-order valence-corrected chi connectivity index (χ3v) is 5.56. The first kappa shape index (κ1) is 25.9. The smallest absolute Gasteiger partial charge is 0.326 e. The zero-order chi connectivity index (χ0) is 26.8. The molecular weight excluding hydrogens is 500 g/mol. The normalized spacial score (nSPS) is 16.1. The van der Waals surface area contributed by atoms with Gasteiger partial charge in [0, 0.05) is 11.1 Å². The Hall–Kier alpha value is -4.15. The molecule has 3 aromatic carbocycles. The number of nitrogens with zero attached hydrogens (tertiary/aromatic N) is 2. The molecule has 11 heteroatoms. The maximum Gasteiger partial charge on any atom is 0.416 e. The number of fused-ring (bicyclic) bond motifs is 1. The number of amides is 2. The lowest BCUT2D eigenvalue weighted by Crippen LogP contribution is -2.50. The van der Waals surface area contributed by atoms with Crippen LogP contribution in [-0.4, -0.2) is 36.4 Å². The molecule has 1 aliphatic rings. The highest BCUT2D eigenvalue weighted by molar-refractivity contribution is 6.20. The van der Waals surface area contributed by atoms with E-state index in [0.29, 0.717) is 10.5 Å². The number of carbonyl (C=O) groups excluding carboxylic acids is 2. The Labute approximate surface area is 207 Å². The predicted molar refractivity (Wildman–Crippen MR) is 124 cm³/mol. The standard InChI is InChI=1S/C26H19F6N3O2/c27-25(28,29)15-35-20-13-7-5-11-18(20)22(16-8-2-1-3-9-16)34-23(24(35)37)33-21(36)14-17-10-4-6-12-19(17)26(30,31)32/h1-13,23H,14-15H2,(H,33,36). The van der Waals surface area contributed by atoms with Gasteiger partial charge in [-0.1, -0.05) is 66.7 Å². The molecule has 5 nitrogen and oxygen atoms in total. The molecule has 2 amide bonds. The van der Waals surface area contributed by atoms with E-state index in [1.54, 1.807) is 36.4 Å². The van der Waals surface area contributed by atoms with E-state index < -0.39 is 48.9 Å². The fourth-order valence-electron chi connectivity index (χ4n) is 4.02. The minimum absolute atomic E-state index is 0.0633. The molecule has 1 atom stereocenters. The molecule has 0 bridgehead atoms. The molecular formula is C26H19F6N3O2. The van der Waals surface area contributed by atoms with Crippen LogP contribution >= 0.6 is 0 Å². The van der Waals surface area contributed by atoms with Crippen LogP contribution in [0.4, 0.5) is 32.0 Å². The molecule has 37 heavy (non-hydrogen) atoms. The summed E-state index contributed by atoms with van der Waals surface area (Å²) in [5, 5.41) is 2.23. The van der Waals surface area contributed by atoms with Gasteiger partial charge in [0.2, 0.25) is 12.1 Å². The summed E-state index contributed by atoms with van der Waals surface area (Å²) < 4.78 is 80.5. The van der Waals surface area contributed by atoms with Crippen molar-refractivity contribution in [1.29, 1.82) is 0 Å². The zero-order valence-corrected chi connectivity index (χ0v) is 19.0. The van der Waals surface area contributed by atoms with Crippen molar-refractivity contribution in [2.75, 3.05) is 11.4 Å². The lowest BCUT2D eigenvalue weighted by Gasteiger charge is -2.26. The second kappa shape index (κ2) is 10.1. The van der Waals surface area contributed by atoms with Gasteiger partial charge in [-0.3, -0.25) is 14.5 Å². The van der Waals surface area contributed by atoms with Crippen LogP contribution < -0.4 is 10.2 Å². The number of halogens is 6. The second-order valence-corrected chi connectivity index (χ2v) is 8.20. The average Bonchev–Trinajstić information content (AvgIpc) is 2.94. The first-order valence-corrected chi connectivity index (χ1v) is 11.0. The van der Waals surface area contributed by atoms with E-state index in [9.17, 15) is 35.9 Å². The molecule has 0 radical (unpaired) electrons. The largest absolute Gasteiger partial charge is 0.416 e. The Bertz CT molecular complexity index is 1340. The van der Waals surface area contributed by atoms with Crippen molar-refractivity contribution in [3.63, 3.8) is 0 Å². The summed E-state index contributed by atoms with van der Waals surface area (Å²) >= 11 is 0. The van der Waals surface area contributed by atoms with Crippen LogP contribution in [0.3, 0.4) is 0 Å². The summed E-state index contributed by atoms with van der Waals surface area (Å²) in [7, 11) is 0. The highest BCUT2D eigenvalue weighted by atomic mass is 19.4. The lowest BCUT2D eigenvalue weighted by molar-refractivity contribution is -0.138. The molecule has 192 valence electrons. The number of hydrogen-bond acceptors (Lipinski definition) is 3. The van der Waals surface area contributed by atoms with E-state index in [4.69, 9.17) is 0 Å². The van der Waals surface area contributed by atoms with Crippen molar-refractivity contribution >= 4 is 23.2 Å². The van der Waals surface area contributed by atoms with Crippen molar-refractivity contribution in [3.05, 3.63) is 101 Å². The van der Waals surface area contributed by atoms with Crippen LogP contribution in [-0.2, 0) is 22.2 Å². The number of para-hydroxylation sites is 1. The Balaban J connectivity index is 1.75. The number of nitrogens with one attached hydrogen (secondary N) is 1. The number of hydrogen-bond donors (Lipinski definition) is 1. The van der Waals surface area contributed by atoms with Crippen LogP contribution in [0.25, 0.3) is 0 Å². The number of anilines is 1. The summed E-state index contributed by atoms with van der Waals surface area (Å²) in [5.41, 5.74) is -0.598. The van der Waals surface area contributed by atoms with Crippen LogP contribution in [0.15, 0.2) is 83.9 Å². The van der Waals surface area contributed by atoms with Gasteiger partial charge in [-0.05, 0) is 17.7 Å². The minimum Gasteiger partial charge on any atom is -0.326 e. The van der Waals surface area contributed by atoms with E-state index in [0.717, 1.165) is 12.1 Å². The van der Waals surface area contributed by atoms with Crippen molar-refractivity contribution in [2.45, 2.75) is 24.9 Å². The lowest BCUT2D eigenvalue weighted by atomic mass is 10.0. The maximum absolute atomic E-state index is 13.5. The molecule has 1 aliphatic heterocycles. The number of benzene rings is 3. The molecule has 0 aliphatic carbocycles.